The minimum Gasteiger partial charge on any atom is -0.381 e. The average molecular weight is 502 g/mol. The van der Waals surface area contributed by atoms with Gasteiger partial charge < -0.3 is 10.1 Å². The van der Waals surface area contributed by atoms with Crippen molar-refractivity contribution >= 4 is 11.6 Å². The van der Waals surface area contributed by atoms with E-state index in [0.717, 1.165) is 85.8 Å². The van der Waals surface area contributed by atoms with Crippen LogP contribution in [0.4, 0.5) is 10.3 Å². The Kier molecular flexibility index (Phi) is 6.80. The van der Waals surface area contributed by atoms with Gasteiger partial charge in [0.25, 0.3) is 0 Å². The first kappa shape index (κ1) is 23.9. The highest BCUT2D eigenvalue weighted by molar-refractivity contribution is 5.64. The number of aromatic nitrogens is 5. The predicted octanol–water partition coefficient (Wildman–Crippen LogP) is 4.60. The van der Waals surface area contributed by atoms with Crippen molar-refractivity contribution < 1.29 is 9.13 Å². The Morgan fingerprint density at radius 2 is 1.97 bits per heavy atom. The number of likely N-dealkylation sites (tertiary alicyclic amines) is 1. The highest BCUT2D eigenvalue weighted by Gasteiger charge is 2.26. The van der Waals surface area contributed by atoms with Crippen molar-refractivity contribution in [3.8, 4) is 11.3 Å². The lowest BCUT2D eigenvalue weighted by Gasteiger charge is -2.32. The summed E-state index contributed by atoms with van der Waals surface area (Å²) in [4.78, 5) is 11.5. The van der Waals surface area contributed by atoms with E-state index < -0.39 is 0 Å². The van der Waals surface area contributed by atoms with Gasteiger partial charge in [-0.25, -0.2) is 14.4 Å². The molecule has 37 heavy (non-hydrogen) atoms. The maximum absolute atomic E-state index is 14.4. The van der Waals surface area contributed by atoms with Crippen LogP contribution in [0.25, 0.3) is 16.9 Å². The molecular formula is C28H32FN7O. The van der Waals surface area contributed by atoms with E-state index in [1.807, 2.05) is 37.4 Å². The van der Waals surface area contributed by atoms with Crippen LogP contribution < -0.4 is 5.32 Å². The van der Waals surface area contributed by atoms with Crippen molar-refractivity contribution in [1.82, 2.24) is 29.5 Å². The molecular weight excluding hydrogens is 469 g/mol. The van der Waals surface area contributed by atoms with E-state index in [-0.39, 0.29) is 11.7 Å². The summed E-state index contributed by atoms with van der Waals surface area (Å²) in [5.41, 5.74) is 4.46. The number of halogens is 1. The third-order valence-electron chi connectivity index (χ3n) is 7.41. The SMILES string of the molecule is Cc1ccc(F)c(CN2CCCC(c3nnc4cc(-c5ccnc(NC6CCOCC6)n5)ccn34)C2)c1. The van der Waals surface area contributed by atoms with Crippen LogP contribution in [-0.4, -0.2) is 61.8 Å². The summed E-state index contributed by atoms with van der Waals surface area (Å²) < 4.78 is 21.9. The van der Waals surface area contributed by atoms with Crippen LogP contribution in [0.5, 0.6) is 0 Å². The Balaban J connectivity index is 1.18. The Morgan fingerprint density at radius 3 is 2.86 bits per heavy atom. The van der Waals surface area contributed by atoms with Gasteiger partial charge in [0, 0.05) is 61.8 Å². The van der Waals surface area contributed by atoms with Crippen molar-refractivity contribution in [2.24, 2.45) is 0 Å². The molecule has 1 aromatic carbocycles. The Morgan fingerprint density at radius 1 is 1.08 bits per heavy atom. The molecule has 8 nitrogen and oxygen atoms in total. The largest absolute Gasteiger partial charge is 0.381 e. The van der Waals surface area contributed by atoms with E-state index in [4.69, 9.17) is 9.72 Å². The molecule has 6 rings (SSSR count). The van der Waals surface area contributed by atoms with E-state index in [2.05, 4.69) is 35.9 Å². The number of hydrogen-bond donors (Lipinski definition) is 1. The molecule has 3 aromatic heterocycles. The zero-order chi connectivity index (χ0) is 25.2. The molecule has 0 radical (unpaired) electrons. The Bertz CT molecular complexity index is 1380. The van der Waals surface area contributed by atoms with Crippen LogP contribution in [0.15, 0.2) is 48.8 Å². The quantitative estimate of drug-likeness (QED) is 0.413. The number of anilines is 1. The van der Waals surface area contributed by atoms with E-state index in [1.165, 1.54) is 0 Å². The second-order valence-corrected chi connectivity index (χ2v) is 10.2. The Hall–Kier alpha value is -3.43. The number of aryl methyl sites for hydroxylation is 1. The normalized spacial score (nSPS) is 19.4. The number of hydrogen-bond acceptors (Lipinski definition) is 7. The minimum atomic E-state index is -0.135. The summed E-state index contributed by atoms with van der Waals surface area (Å²) in [5.74, 6) is 1.71. The van der Waals surface area contributed by atoms with Crippen LogP contribution in [0.2, 0.25) is 0 Å². The zero-order valence-electron chi connectivity index (χ0n) is 21.1. The number of ether oxygens (including phenoxy) is 1. The van der Waals surface area contributed by atoms with Crippen molar-refractivity contribution in [2.45, 2.75) is 51.1 Å². The van der Waals surface area contributed by atoms with Crippen LogP contribution in [0, 0.1) is 12.7 Å². The van der Waals surface area contributed by atoms with Gasteiger partial charge >= 0.3 is 0 Å². The van der Waals surface area contributed by atoms with E-state index in [9.17, 15) is 4.39 Å². The van der Waals surface area contributed by atoms with E-state index in [1.54, 1.807) is 12.3 Å². The van der Waals surface area contributed by atoms with Crippen LogP contribution in [0.3, 0.4) is 0 Å². The van der Waals surface area contributed by atoms with Crippen molar-refractivity contribution in [3.05, 3.63) is 71.6 Å². The van der Waals surface area contributed by atoms with Gasteiger partial charge in [0.05, 0.1) is 5.69 Å². The summed E-state index contributed by atoms with van der Waals surface area (Å²) >= 11 is 0. The number of nitrogens with zero attached hydrogens (tertiary/aromatic N) is 6. The number of pyridine rings is 1. The van der Waals surface area contributed by atoms with Crippen LogP contribution >= 0.6 is 0 Å². The molecule has 2 fully saturated rings. The smallest absolute Gasteiger partial charge is 0.223 e. The fourth-order valence-corrected chi connectivity index (χ4v) is 5.44. The van der Waals surface area contributed by atoms with Gasteiger partial charge in [-0.1, -0.05) is 17.7 Å². The van der Waals surface area contributed by atoms with Gasteiger partial charge in [0.2, 0.25) is 5.95 Å². The number of piperidine rings is 1. The summed E-state index contributed by atoms with van der Waals surface area (Å²) in [7, 11) is 0. The fourth-order valence-electron chi connectivity index (χ4n) is 5.44. The highest BCUT2D eigenvalue weighted by atomic mass is 19.1. The molecule has 4 aromatic rings. The first-order valence-electron chi connectivity index (χ1n) is 13.1. The minimum absolute atomic E-state index is 0.135. The van der Waals surface area contributed by atoms with Crippen LogP contribution in [-0.2, 0) is 11.3 Å². The van der Waals surface area contributed by atoms with Gasteiger partial charge in [-0.2, -0.15) is 0 Å². The second kappa shape index (κ2) is 10.5. The number of fused-ring (bicyclic) bond motifs is 1. The number of nitrogens with one attached hydrogen (secondary N) is 1. The predicted molar refractivity (Wildman–Crippen MR) is 140 cm³/mol. The number of rotatable bonds is 6. The molecule has 5 heterocycles. The monoisotopic (exact) mass is 501 g/mol. The lowest BCUT2D eigenvalue weighted by atomic mass is 9.96. The second-order valence-electron chi connectivity index (χ2n) is 10.2. The summed E-state index contributed by atoms with van der Waals surface area (Å²) in [6.07, 6.45) is 7.84. The molecule has 192 valence electrons. The first-order valence-corrected chi connectivity index (χ1v) is 13.1. The maximum Gasteiger partial charge on any atom is 0.223 e. The molecule has 0 bridgehead atoms. The van der Waals surface area contributed by atoms with Crippen molar-refractivity contribution in [3.63, 3.8) is 0 Å². The lowest BCUT2D eigenvalue weighted by molar-refractivity contribution is 0.0903. The molecule has 1 atom stereocenters. The topological polar surface area (TPSA) is 80.5 Å². The van der Waals surface area contributed by atoms with E-state index >= 15 is 0 Å². The molecule has 1 N–H and O–H groups in total. The van der Waals surface area contributed by atoms with Gasteiger partial charge in [0.1, 0.15) is 11.6 Å². The lowest BCUT2D eigenvalue weighted by Crippen LogP contribution is -2.34. The zero-order valence-corrected chi connectivity index (χ0v) is 21.1. The maximum atomic E-state index is 14.4. The third-order valence-corrected chi connectivity index (χ3v) is 7.41. The molecule has 2 saturated heterocycles. The van der Waals surface area contributed by atoms with Crippen LogP contribution in [0.1, 0.15) is 48.6 Å². The molecule has 0 spiro atoms. The standard InChI is InChI=1S/C28H32FN7O/c1-19-4-5-24(29)22(15-19)18-35-11-2-3-21(17-35)27-34-33-26-16-20(7-12-36(26)27)25-6-10-30-28(32-25)31-23-8-13-37-14-9-23/h4-7,10,12,15-16,21,23H,2-3,8-9,11,13-14,17-18H2,1H3,(H,30,31,32). The molecule has 0 amide bonds. The van der Waals surface area contributed by atoms with Gasteiger partial charge in [-0.3, -0.25) is 9.30 Å². The highest BCUT2D eigenvalue weighted by Crippen LogP contribution is 2.29. The molecule has 9 heteroatoms. The van der Waals surface area contributed by atoms with Crippen molar-refractivity contribution in [1.29, 1.82) is 0 Å². The van der Waals surface area contributed by atoms with Gasteiger partial charge in [-0.15, -0.1) is 10.2 Å². The summed E-state index contributed by atoms with van der Waals surface area (Å²) in [6.45, 7) is 5.95. The first-order chi connectivity index (χ1) is 18.1. The molecule has 1 unspecified atom stereocenters. The average Bonchev–Trinajstić information content (AvgIpc) is 3.35. The molecule has 2 aliphatic rings. The Labute approximate surface area is 215 Å². The molecule has 2 aliphatic heterocycles. The molecule has 0 aliphatic carbocycles. The third kappa shape index (κ3) is 5.33. The van der Waals surface area contributed by atoms with Gasteiger partial charge in [-0.05, 0) is 63.4 Å². The molecule has 0 saturated carbocycles. The van der Waals surface area contributed by atoms with Gasteiger partial charge in [0.15, 0.2) is 5.65 Å². The fraction of sp³-hybridized carbons (Fsp3) is 0.429. The number of benzene rings is 1. The van der Waals surface area contributed by atoms with Crippen molar-refractivity contribution in [2.75, 3.05) is 31.6 Å². The summed E-state index contributed by atoms with van der Waals surface area (Å²) in [5, 5.41) is 12.5. The summed E-state index contributed by atoms with van der Waals surface area (Å²) in [6, 6.07) is 11.7. The van der Waals surface area contributed by atoms with E-state index in [0.29, 0.717) is 18.5 Å².